The summed E-state index contributed by atoms with van der Waals surface area (Å²) in [5.41, 5.74) is -0.440. The van der Waals surface area contributed by atoms with Crippen LogP contribution in [0.1, 0.15) is 24.8 Å². The van der Waals surface area contributed by atoms with Crippen molar-refractivity contribution in [1.82, 2.24) is 14.4 Å². The second-order valence-electron chi connectivity index (χ2n) is 6.56. The maximum Gasteiger partial charge on any atom is 0.248 e. The van der Waals surface area contributed by atoms with Gasteiger partial charge in [-0.15, -0.1) is 23.2 Å². The minimum atomic E-state index is -3.68. The summed E-state index contributed by atoms with van der Waals surface area (Å²) in [6.45, 7) is 5.94. The zero-order chi connectivity index (χ0) is 17.9. The Hall–Kier alpha value is -0.830. The fourth-order valence-corrected chi connectivity index (χ4v) is 5.49. The molecule has 3 rings (SSSR count). The van der Waals surface area contributed by atoms with E-state index >= 15 is 0 Å². The highest BCUT2D eigenvalue weighted by atomic mass is 35.5. The quantitative estimate of drug-likeness (QED) is 0.727. The maximum atomic E-state index is 12.8. The van der Waals surface area contributed by atoms with Gasteiger partial charge < -0.3 is 9.42 Å². The van der Waals surface area contributed by atoms with Gasteiger partial charge >= 0.3 is 0 Å². The van der Waals surface area contributed by atoms with Gasteiger partial charge in [-0.3, -0.25) is 4.79 Å². The number of carbonyl (C=O) groups is 1. The van der Waals surface area contributed by atoms with Crippen LogP contribution in [0.3, 0.4) is 0 Å². The molecule has 1 unspecified atom stereocenters. The Kier molecular flexibility index (Phi) is 4.18. The van der Waals surface area contributed by atoms with Gasteiger partial charge in [-0.25, -0.2) is 8.42 Å². The third-order valence-corrected chi connectivity index (χ3v) is 8.07. The van der Waals surface area contributed by atoms with Crippen LogP contribution in [0.4, 0.5) is 0 Å². The highest BCUT2D eigenvalue weighted by Gasteiger charge is 2.68. The van der Waals surface area contributed by atoms with E-state index in [1.54, 1.807) is 25.7 Å². The number of hydrogen-bond donors (Lipinski definition) is 0. The maximum absolute atomic E-state index is 12.8. The molecule has 1 amide bonds. The SMILES string of the molecule is Cc1noc(C)c1S(=O)(=O)N1CCN(C(=O)C2(C)CC2(Cl)Cl)CC1. The van der Waals surface area contributed by atoms with Gasteiger partial charge in [0.05, 0.1) is 5.41 Å². The second-order valence-corrected chi connectivity index (χ2v) is 9.92. The van der Waals surface area contributed by atoms with E-state index in [4.69, 9.17) is 27.7 Å². The molecular formula is C14H19Cl2N3O4S. The first kappa shape index (κ1) is 18.0. The predicted octanol–water partition coefficient (Wildman–Crippen LogP) is 1.71. The highest BCUT2D eigenvalue weighted by Crippen LogP contribution is 2.64. The Bertz CT molecular complexity index is 764. The molecule has 1 saturated carbocycles. The Balaban J connectivity index is 1.71. The molecule has 1 atom stereocenters. The molecule has 1 aliphatic heterocycles. The molecule has 1 aliphatic carbocycles. The fourth-order valence-electron chi connectivity index (χ4n) is 3.08. The van der Waals surface area contributed by atoms with Crippen molar-refractivity contribution in [2.24, 2.45) is 5.41 Å². The van der Waals surface area contributed by atoms with Gasteiger partial charge in [0.1, 0.15) is 14.9 Å². The lowest BCUT2D eigenvalue weighted by Crippen LogP contribution is -2.52. The minimum absolute atomic E-state index is 0.108. The normalized spacial score (nSPS) is 27.3. The topological polar surface area (TPSA) is 83.7 Å². The Morgan fingerprint density at radius 3 is 2.17 bits per heavy atom. The van der Waals surface area contributed by atoms with Crippen LogP contribution in [-0.2, 0) is 14.8 Å². The summed E-state index contributed by atoms with van der Waals surface area (Å²) in [6, 6.07) is 0. The molecule has 10 heteroatoms. The number of carbonyl (C=O) groups excluding carboxylic acids is 1. The Morgan fingerprint density at radius 1 is 1.21 bits per heavy atom. The molecule has 7 nitrogen and oxygen atoms in total. The smallest absolute Gasteiger partial charge is 0.248 e. The molecule has 2 heterocycles. The van der Waals surface area contributed by atoms with Gasteiger partial charge in [-0.05, 0) is 27.2 Å². The van der Waals surface area contributed by atoms with Gasteiger partial charge in [-0.1, -0.05) is 5.16 Å². The zero-order valence-electron chi connectivity index (χ0n) is 13.7. The molecule has 1 aromatic heterocycles. The van der Waals surface area contributed by atoms with Crippen LogP contribution in [0, 0.1) is 19.3 Å². The van der Waals surface area contributed by atoms with E-state index in [9.17, 15) is 13.2 Å². The van der Waals surface area contributed by atoms with E-state index in [-0.39, 0.29) is 29.7 Å². The molecule has 134 valence electrons. The number of piperazine rings is 1. The van der Waals surface area contributed by atoms with Crippen LogP contribution in [0.2, 0.25) is 0 Å². The summed E-state index contributed by atoms with van der Waals surface area (Å²) in [5.74, 6) is 0.146. The molecule has 2 aliphatic rings. The average molecular weight is 396 g/mol. The van der Waals surface area contributed by atoms with Gasteiger partial charge in [0.15, 0.2) is 5.76 Å². The lowest BCUT2D eigenvalue weighted by atomic mass is 10.1. The molecule has 1 saturated heterocycles. The number of rotatable bonds is 3. The average Bonchev–Trinajstić information content (AvgIpc) is 2.84. The summed E-state index contributed by atoms with van der Waals surface area (Å²) >= 11 is 12.1. The number of halogens is 2. The summed E-state index contributed by atoms with van der Waals surface area (Å²) in [7, 11) is -3.68. The molecule has 0 radical (unpaired) electrons. The standard InChI is InChI=1S/C14H19Cl2N3O4S/c1-9-11(10(2)23-17-9)24(21,22)19-6-4-18(5-7-19)12(20)13(3)8-14(13,15)16/h4-8H2,1-3H3. The van der Waals surface area contributed by atoms with Crippen molar-refractivity contribution in [3.05, 3.63) is 11.5 Å². The number of nitrogens with zero attached hydrogens (tertiary/aromatic N) is 3. The van der Waals surface area contributed by atoms with Crippen molar-refractivity contribution in [1.29, 1.82) is 0 Å². The number of aromatic nitrogens is 1. The van der Waals surface area contributed by atoms with Crippen LogP contribution in [0.5, 0.6) is 0 Å². The van der Waals surface area contributed by atoms with Crippen LogP contribution in [0.15, 0.2) is 9.42 Å². The lowest BCUT2D eigenvalue weighted by Gasteiger charge is -2.35. The van der Waals surface area contributed by atoms with Crippen LogP contribution in [0.25, 0.3) is 0 Å². The molecule has 2 fully saturated rings. The predicted molar refractivity (Wildman–Crippen MR) is 88.5 cm³/mol. The van der Waals surface area contributed by atoms with Gasteiger partial charge in [0.25, 0.3) is 0 Å². The first-order chi connectivity index (χ1) is 11.0. The van der Waals surface area contributed by atoms with Crippen molar-refractivity contribution < 1.29 is 17.7 Å². The molecule has 0 spiro atoms. The van der Waals surface area contributed by atoms with Crippen molar-refractivity contribution >= 4 is 39.1 Å². The number of aryl methyl sites for hydroxylation is 2. The third kappa shape index (κ3) is 2.64. The summed E-state index contributed by atoms with van der Waals surface area (Å²) in [4.78, 5) is 14.3. The van der Waals surface area contributed by atoms with Crippen molar-refractivity contribution in [2.45, 2.75) is 36.4 Å². The molecule has 1 aromatic rings. The minimum Gasteiger partial charge on any atom is -0.360 e. The Morgan fingerprint density at radius 2 is 1.75 bits per heavy atom. The van der Waals surface area contributed by atoms with Gasteiger partial charge in [0, 0.05) is 26.2 Å². The monoisotopic (exact) mass is 395 g/mol. The summed E-state index contributed by atoms with van der Waals surface area (Å²) < 4.78 is 30.8. The van der Waals surface area contributed by atoms with Crippen molar-refractivity contribution in [3.63, 3.8) is 0 Å². The molecule has 0 aromatic carbocycles. The fraction of sp³-hybridized carbons (Fsp3) is 0.714. The van der Waals surface area contributed by atoms with E-state index < -0.39 is 19.8 Å². The summed E-state index contributed by atoms with van der Waals surface area (Å²) in [6.07, 6.45) is 0.416. The first-order valence-electron chi connectivity index (χ1n) is 7.61. The van der Waals surface area contributed by atoms with Crippen LogP contribution >= 0.6 is 23.2 Å². The van der Waals surface area contributed by atoms with Gasteiger partial charge in [0.2, 0.25) is 15.9 Å². The first-order valence-corrected chi connectivity index (χ1v) is 9.80. The molecule has 0 bridgehead atoms. The van der Waals surface area contributed by atoms with Crippen molar-refractivity contribution in [2.75, 3.05) is 26.2 Å². The lowest BCUT2D eigenvalue weighted by molar-refractivity contribution is -0.137. The van der Waals surface area contributed by atoms with E-state index in [1.165, 1.54) is 4.31 Å². The zero-order valence-corrected chi connectivity index (χ0v) is 16.0. The number of sulfonamides is 1. The van der Waals surface area contributed by atoms with E-state index in [1.807, 2.05) is 0 Å². The van der Waals surface area contributed by atoms with E-state index in [2.05, 4.69) is 5.16 Å². The summed E-state index contributed by atoms with van der Waals surface area (Å²) in [5, 5.41) is 3.70. The van der Waals surface area contributed by atoms with Crippen molar-refractivity contribution in [3.8, 4) is 0 Å². The van der Waals surface area contributed by atoms with E-state index in [0.717, 1.165) is 0 Å². The number of alkyl halides is 2. The number of hydrogen-bond acceptors (Lipinski definition) is 5. The number of amides is 1. The largest absolute Gasteiger partial charge is 0.360 e. The van der Waals surface area contributed by atoms with E-state index in [0.29, 0.717) is 25.2 Å². The highest BCUT2D eigenvalue weighted by molar-refractivity contribution is 7.89. The molecule has 0 N–H and O–H groups in total. The van der Waals surface area contributed by atoms with Crippen LogP contribution < -0.4 is 0 Å². The Labute approximate surface area is 150 Å². The van der Waals surface area contributed by atoms with Crippen LogP contribution in [-0.4, -0.2) is 59.2 Å². The van der Waals surface area contributed by atoms with Gasteiger partial charge in [-0.2, -0.15) is 4.31 Å². The molecule has 24 heavy (non-hydrogen) atoms. The third-order valence-electron chi connectivity index (χ3n) is 4.82. The second kappa shape index (κ2) is 5.59. The molecular weight excluding hydrogens is 377 g/mol.